The van der Waals surface area contributed by atoms with Gasteiger partial charge in [0.25, 0.3) is 0 Å². The van der Waals surface area contributed by atoms with E-state index in [4.69, 9.17) is 0 Å². The summed E-state index contributed by atoms with van der Waals surface area (Å²) >= 11 is 0. The highest BCUT2D eigenvalue weighted by atomic mass is 16.5. The lowest BCUT2D eigenvalue weighted by Crippen LogP contribution is -2.46. The molecule has 0 radical (unpaired) electrons. The normalized spacial score (nSPS) is 17.4. The number of nitrogens with one attached hydrogen (secondary N) is 3. The highest BCUT2D eigenvalue weighted by Crippen LogP contribution is 2.23. The molecule has 1 fully saturated rings. The highest BCUT2D eigenvalue weighted by molar-refractivity contribution is 5.98. The van der Waals surface area contributed by atoms with E-state index in [9.17, 15) is 19.5 Å². The lowest BCUT2D eigenvalue weighted by atomic mass is 9.97. The van der Waals surface area contributed by atoms with Crippen molar-refractivity contribution in [3.63, 3.8) is 0 Å². The first-order valence-corrected chi connectivity index (χ1v) is 10.1. The van der Waals surface area contributed by atoms with Crippen LogP contribution in [0, 0.1) is 0 Å². The molecule has 3 rings (SSSR count). The van der Waals surface area contributed by atoms with Crippen molar-refractivity contribution in [1.29, 1.82) is 0 Å². The molecule has 1 heterocycles. The molecule has 0 aliphatic carbocycles. The lowest BCUT2D eigenvalue weighted by Gasteiger charge is -2.22. The van der Waals surface area contributed by atoms with Gasteiger partial charge in [0.2, 0.25) is 11.8 Å². The molecule has 9 heteroatoms. The molecule has 1 aliphatic heterocycles. The van der Waals surface area contributed by atoms with Crippen LogP contribution in [0.5, 0.6) is 5.75 Å². The number of carbonyl (C=O) groups is 3. The maximum absolute atomic E-state index is 12.8. The van der Waals surface area contributed by atoms with Crippen LogP contribution in [-0.4, -0.2) is 61.2 Å². The number of rotatable bonds is 6. The van der Waals surface area contributed by atoms with Gasteiger partial charge in [-0.05, 0) is 63.0 Å². The van der Waals surface area contributed by atoms with Gasteiger partial charge in [-0.25, -0.2) is 4.79 Å². The Bertz CT molecular complexity index is 948. The average Bonchev–Trinajstić information content (AvgIpc) is 3.02. The molecule has 0 aromatic heterocycles. The number of ether oxygens (including phenoxy) is 1. The van der Waals surface area contributed by atoms with E-state index < -0.39 is 11.5 Å². The summed E-state index contributed by atoms with van der Waals surface area (Å²) in [4.78, 5) is 38.4. The van der Waals surface area contributed by atoms with E-state index >= 15 is 0 Å². The van der Waals surface area contributed by atoms with Gasteiger partial charge >= 0.3 is 5.97 Å². The Labute approximate surface area is 187 Å². The Kier molecular flexibility index (Phi) is 8.74. The number of phenols is 1. The predicted octanol–water partition coefficient (Wildman–Crippen LogP) is 1.69. The second-order valence-electron chi connectivity index (χ2n) is 7.63. The second kappa shape index (κ2) is 11.3. The first-order valence-electron chi connectivity index (χ1n) is 10.1. The monoisotopic (exact) mass is 442 g/mol. The number of esters is 1. The Balaban J connectivity index is 0.00000114. The van der Waals surface area contributed by atoms with E-state index in [0.717, 1.165) is 5.56 Å². The van der Waals surface area contributed by atoms with E-state index in [1.54, 1.807) is 54.3 Å². The summed E-state index contributed by atoms with van der Waals surface area (Å²) in [5, 5.41) is 18.2. The molecule has 1 atom stereocenters. The van der Waals surface area contributed by atoms with Crippen LogP contribution in [0.3, 0.4) is 0 Å². The third-order valence-electron chi connectivity index (χ3n) is 4.81. The van der Waals surface area contributed by atoms with Gasteiger partial charge in [0, 0.05) is 12.2 Å². The summed E-state index contributed by atoms with van der Waals surface area (Å²) in [6, 6.07) is 13.0. The zero-order chi connectivity index (χ0) is 23.7. The van der Waals surface area contributed by atoms with Gasteiger partial charge in [0.1, 0.15) is 11.3 Å². The number of carbonyl (C=O) groups excluding carboxylic acids is 3. The van der Waals surface area contributed by atoms with Gasteiger partial charge in [-0.1, -0.05) is 12.1 Å². The van der Waals surface area contributed by atoms with Gasteiger partial charge in [0.05, 0.1) is 25.8 Å². The molecular formula is C23H30N4O5. The molecule has 2 aromatic rings. The molecule has 0 bridgehead atoms. The second-order valence-corrected chi connectivity index (χ2v) is 7.63. The van der Waals surface area contributed by atoms with Gasteiger partial charge < -0.3 is 25.4 Å². The Morgan fingerprint density at radius 1 is 1.19 bits per heavy atom. The Morgan fingerprint density at radius 2 is 1.84 bits per heavy atom. The van der Waals surface area contributed by atoms with Crippen LogP contribution in [0.2, 0.25) is 0 Å². The van der Waals surface area contributed by atoms with Gasteiger partial charge in [0.15, 0.2) is 0 Å². The fraction of sp³-hybridized carbons (Fsp3) is 0.348. The first-order chi connectivity index (χ1) is 15.2. The molecule has 1 saturated heterocycles. The van der Waals surface area contributed by atoms with Crippen LogP contribution in [-0.2, 0) is 20.9 Å². The molecule has 1 aliphatic rings. The Morgan fingerprint density at radius 3 is 2.44 bits per heavy atom. The van der Waals surface area contributed by atoms with Crippen molar-refractivity contribution in [2.24, 2.45) is 0 Å². The third kappa shape index (κ3) is 6.53. The van der Waals surface area contributed by atoms with Crippen LogP contribution < -0.4 is 16.0 Å². The number of benzene rings is 2. The molecular weight excluding hydrogens is 412 g/mol. The standard InChI is InChI=1S/C21H23N3O5.C2H7N/c1-21(11-18(26)23-16-8-6-15(7-9-16)19(27)29-2)20(28)24(13-22-21)12-14-4-3-5-17(25)10-14;1-3-2/h3-10,22,25H,11-13H2,1-2H3,(H,23,26);3H,1-2H3. The summed E-state index contributed by atoms with van der Waals surface area (Å²) in [6.07, 6.45) is -0.0405. The number of anilines is 1. The molecule has 0 saturated carbocycles. The minimum atomic E-state index is -1.02. The van der Waals surface area contributed by atoms with Crippen molar-refractivity contribution >= 4 is 23.5 Å². The largest absolute Gasteiger partial charge is 0.508 e. The average molecular weight is 443 g/mol. The van der Waals surface area contributed by atoms with Crippen molar-refractivity contribution < 1.29 is 24.2 Å². The number of hydrogen-bond donors (Lipinski definition) is 4. The van der Waals surface area contributed by atoms with Crippen LogP contribution in [0.25, 0.3) is 0 Å². The molecule has 4 N–H and O–H groups in total. The van der Waals surface area contributed by atoms with Crippen molar-refractivity contribution in [3.8, 4) is 5.75 Å². The molecule has 0 spiro atoms. The fourth-order valence-electron chi connectivity index (χ4n) is 3.24. The minimum absolute atomic E-state index is 0.0405. The summed E-state index contributed by atoms with van der Waals surface area (Å²) in [7, 11) is 5.05. The predicted molar refractivity (Wildman–Crippen MR) is 121 cm³/mol. The summed E-state index contributed by atoms with van der Waals surface area (Å²) in [6.45, 7) is 2.34. The van der Waals surface area contributed by atoms with E-state index in [0.29, 0.717) is 24.5 Å². The smallest absolute Gasteiger partial charge is 0.337 e. The number of hydrogen-bond acceptors (Lipinski definition) is 7. The van der Waals surface area contributed by atoms with Crippen molar-refractivity contribution in [1.82, 2.24) is 15.5 Å². The summed E-state index contributed by atoms with van der Waals surface area (Å²) < 4.78 is 4.64. The van der Waals surface area contributed by atoms with Gasteiger partial charge in [-0.2, -0.15) is 0 Å². The molecule has 9 nitrogen and oxygen atoms in total. The molecule has 2 aromatic carbocycles. The number of nitrogens with zero attached hydrogens (tertiary/aromatic N) is 1. The number of amides is 2. The Hall–Kier alpha value is -3.43. The minimum Gasteiger partial charge on any atom is -0.508 e. The highest BCUT2D eigenvalue weighted by Gasteiger charge is 2.43. The summed E-state index contributed by atoms with van der Waals surface area (Å²) in [5.41, 5.74) is 0.688. The molecule has 172 valence electrons. The van der Waals surface area contributed by atoms with E-state index in [1.165, 1.54) is 7.11 Å². The lowest BCUT2D eigenvalue weighted by molar-refractivity contribution is -0.134. The van der Waals surface area contributed by atoms with Crippen molar-refractivity contribution in [2.75, 3.05) is 33.2 Å². The van der Waals surface area contributed by atoms with E-state index in [-0.39, 0.29) is 24.0 Å². The first kappa shape index (κ1) is 24.8. The zero-order valence-corrected chi connectivity index (χ0v) is 18.8. The SMILES string of the molecule is CNC.COC(=O)c1ccc(NC(=O)CC2(C)NCN(Cc3cccc(O)c3)C2=O)cc1. The van der Waals surface area contributed by atoms with Gasteiger partial charge in [-0.3, -0.25) is 14.9 Å². The number of phenolic OH excluding ortho intramolecular Hbond substituents is 1. The van der Waals surface area contributed by atoms with Crippen LogP contribution in [0.4, 0.5) is 5.69 Å². The number of methoxy groups -OCH3 is 1. The van der Waals surface area contributed by atoms with Crippen molar-refractivity contribution in [2.45, 2.75) is 25.4 Å². The number of aromatic hydroxyl groups is 1. The van der Waals surface area contributed by atoms with Crippen molar-refractivity contribution in [3.05, 3.63) is 59.7 Å². The maximum Gasteiger partial charge on any atom is 0.337 e. The summed E-state index contributed by atoms with van der Waals surface area (Å²) in [5.74, 6) is -0.819. The maximum atomic E-state index is 12.8. The van der Waals surface area contributed by atoms with Gasteiger partial charge in [-0.15, -0.1) is 0 Å². The zero-order valence-electron chi connectivity index (χ0n) is 18.8. The molecule has 32 heavy (non-hydrogen) atoms. The molecule has 1 unspecified atom stereocenters. The fourth-order valence-corrected chi connectivity index (χ4v) is 3.24. The van der Waals surface area contributed by atoms with E-state index in [1.807, 2.05) is 20.2 Å². The van der Waals surface area contributed by atoms with Crippen LogP contribution in [0.15, 0.2) is 48.5 Å². The quantitative estimate of drug-likeness (QED) is 0.503. The molecule has 2 amide bonds. The van der Waals surface area contributed by atoms with Crippen LogP contribution in [0.1, 0.15) is 29.3 Å². The van der Waals surface area contributed by atoms with Crippen LogP contribution >= 0.6 is 0 Å². The van der Waals surface area contributed by atoms with E-state index in [2.05, 4.69) is 20.7 Å². The third-order valence-corrected chi connectivity index (χ3v) is 4.81. The topological polar surface area (TPSA) is 120 Å².